The van der Waals surface area contributed by atoms with Crippen molar-refractivity contribution < 1.29 is 9.59 Å². The Kier molecular flexibility index (Phi) is 8.37. The van der Waals surface area contributed by atoms with E-state index in [4.69, 9.17) is 46.4 Å². The van der Waals surface area contributed by atoms with Crippen molar-refractivity contribution in [3.63, 3.8) is 0 Å². The fourth-order valence-corrected chi connectivity index (χ4v) is 3.55. The lowest BCUT2D eigenvalue weighted by atomic mass is 10.2. The lowest BCUT2D eigenvalue weighted by Gasteiger charge is -2.06. The van der Waals surface area contributed by atoms with Gasteiger partial charge in [-0.15, -0.1) is 0 Å². The molecule has 3 rings (SSSR count). The minimum Gasteiger partial charge on any atom is -0.323 e. The first-order chi connectivity index (χ1) is 15.3. The molecule has 0 radical (unpaired) electrons. The van der Waals surface area contributed by atoms with Crippen LogP contribution in [-0.4, -0.2) is 11.8 Å². The zero-order valence-corrected chi connectivity index (χ0v) is 19.4. The number of anilines is 2. The molecule has 8 heteroatoms. The molecule has 0 bridgehead atoms. The van der Waals surface area contributed by atoms with Crippen molar-refractivity contribution in [3.8, 4) is 0 Å². The predicted octanol–water partition coefficient (Wildman–Crippen LogP) is 7.60. The zero-order valence-electron chi connectivity index (χ0n) is 16.4. The maximum absolute atomic E-state index is 12.1. The van der Waals surface area contributed by atoms with Crippen molar-refractivity contribution in [2.75, 3.05) is 10.6 Å². The number of benzene rings is 3. The molecule has 0 aromatic heterocycles. The van der Waals surface area contributed by atoms with Gasteiger partial charge in [-0.25, -0.2) is 0 Å². The topological polar surface area (TPSA) is 58.2 Å². The highest BCUT2D eigenvalue weighted by Gasteiger charge is 2.03. The Labute approximate surface area is 205 Å². The molecule has 0 fully saturated rings. The first kappa shape index (κ1) is 23.9. The Balaban J connectivity index is 1.55. The van der Waals surface area contributed by atoms with Crippen molar-refractivity contribution >= 4 is 81.7 Å². The van der Waals surface area contributed by atoms with Crippen LogP contribution in [0, 0.1) is 0 Å². The van der Waals surface area contributed by atoms with Crippen LogP contribution in [0.1, 0.15) is 11.1 Å². The van der Waals surface area contributed by atoms with Gasteiger partial charge in [-0.05, 0) is 71.8 Å². The molecule has 0 heterocycles. The molecular formula is C24H16Cl4N2O2. The molecule has 0 aliphatic rings. The molecule has 162 valence electrons. The maximum atomic E-state index is 12.1. The van der Waals surface area contributed by atoms with E-state index < -0.39 is 0 Å². The molecular weight excluding hydrogens is 490 g/mol. The van der Waals surface area contributed by atoms with Crippen LogP contribution >= 0.6 is 46.4 Å². The van der Waals surface area contributed by atoms with Gasteiger partial charge in [0.1, 0.15) is 0 Å². The number of carbonyl (C=O) groups excluding carboxylic acids is 2. The number of carbonyl (C=O) groups is 2. The Morgan fingerprint density at radius 1 is 0.594 bits per heavy atom. The second-order valence-corrected chi connectivity index (χ2v) is 8.24. The zero-order chi connectivity index (χ0) is 23.1. The van der Waals surface area contributed by atoms with E-state index in [1.165, 1.54) is 12.2 Å². The van der Waals surface area contributed by atoms with Crippen molar-refractivity contribution in [2.24, 2.45) is 0 Å². The van der Waals surface area contributed by atoms with E-state index in [-0.39, 0.29) is 11.8 Å². The van der Waals surface area contributed by atoms with Crippen LogP contribution in [0.4, 0.5) is 11.4 Å². The van der Waals surface area contributed by atoms with Crippen molar-refractivity contribution in [1.82, 2.24) is 0 Å². The van der Waals surface area contributed by atoms with Crippen LogP contribution in [0.2, 0.25) is 20.1 Å². The van der Waals surface area contributed by atoms with E-state index in [1.54, 1.807) is 72.8 Å². The van der Waals surface area contributed by atoms with E-state index in [1.807, 2.05) is 0 Å². The lowest BCUT2D eigenvalue weighted by Crippen LogP contribution is -2.09. The summed E-state index contributed by atoms with van der Waals surface area (Å²) in [7, 11) is 0. The van der Waals surface area contributed by atoms with Crippen molar-refractivity contribution in [2.45, 2.75) is 0 Å². The second-order valence-electron chi connectivity index (χ2n) is 6.55. The first-order valence-electron chi connectivity index (χ1n) is 9.28. The van der Waals surface area contributed by atoms with Crippen LogP contribution in [0.15, 0.2) is 72.8 Å². The molecule has 32 heavy (non-hydrogen) atoms. The quantitative estimate of drug-likeness (QED) is 0.339. The molecule has 0 saturated carbocycles. The summed E-state index contributed by atoms with van der Waals surface area (Å²) in [6.45, 7) is 0. The van der Waals surface area contributed by atoms with Crippen LogP contribution in [0.3, 0.4) is 0 Å². The normalized spacial score (nSPS) is 11.1. The Bertz CT molecular complexity index is 1110. The van der Waals surface area contributed by atoms with Gasteiger partial charge in [-0.1, -0.05) is 58.5 Å². The van der Waals surface area contributed by atoms with Crippen LogP contribution < -0.4 is 10.6 Å². The minimum absolute atomic E-state index is 0.324. The fraction of sp³-hybridized carbons (Fsp3) is 0. The van der Waals surface area contributed by atoms with Crippen LogP contribution in [-0.2, 0) is 9.59 Å². The molecule has 3 aromatic carbocycles. The molecule has 0 saturated heterocycles. The molecule has 2 amide bonds. The number of amides is 2. The van der Waals surface area contributed by atoms with Gasteiger partial charge >= 0.3 is 0 Å². The van der Waals surface area contributed by atoms with E-state index >= 15 is 0 Å². The van der Waals surface area contributed by atoms with Gasteiger partial charge in [0.25, 0.3) is 0 Å². The molecule has 0 aliphatic heterocycles. The standard InChI is InChI=1S/C24H16Cl4N2O2/c25-17-5-1-15(21(27)13-17)3-11-23(31)29-19-7-9-20(10-8-19)30-24(32)12-4-16-2-6-18(26)14-22(16)28/h1-14H,(H,29,31)(H,30,32). The summed E-state index contributed by atoms with van der Waals surface area (Å²) in [5.74, 6) is -0.647. The molecule has 0 aliphatic carbocycles. The smallest absolute Gasteiger partial charge is 0.248 e. The highest BCUT2D eigenvalue weighted by Crippen LogP contribution is 2.23. The summed E-state index contributed by atoms with van der Waals surface area (Å²) in [5, 5.41) is 7.42. The van der Waals surface area contributed by atoms with Gasteiger partial charge in [0.05, 0.1) is 0 Å². The van der Waals surface area contributed by atoms with E-state index in [0.717, 1.165) is 0 Å². The Hall–Kier alpha value is -2.76. The predicted molar refractivity (Wildman–Crippen MR) is 135 cm³/mol. The molecule has 0 spiro atoms. The molecule has 0 unspecified atom stereocenters. The first-order valence-corrected chi connectivity index (χ1v) is 10.8. The van der Waals surface area contributed by atoms with Gasteiger partial charge in [0.2, 0.25) is 11.8 Å². The Morgan fingerprint density at radius 2 is 0.969 bits per heavy atom. The fourth-order valence-electron chi connectivity index (χ4n) is 2.61. The number of nitrogens with one attached hydrogen (secondary N) is 2. The summed E-state index contributed by atoms with van der Waals surface area (Å²) in [6, 6.07) is 16.7. The van der Waals surface area contributed by atoms with Crippen molar-refractivity contribution in [3.05, 3.63) is 104 Å². The lowest BCUT2D eigenvalue weighted by molar-refractivity contribution is -0.112. The summed E-state index contributed by atoms with van der Waals surface area (Å²) >= 11 is 23.9. The van der Waals surface area contributed by atoms with Crippen LogP contribution in [0.25, 0.3) is 12.2 Å². The number of halogens is 4. The third-order valence-electron chi connectivity index (χ3n) is 4.17. The Morgan fingerprint density at radius 3 is 1.31 bits per heavy atom. The maximum Gasteiger partial charge on any atom is 0.248 e. The summed E-state index contributed by atoms with van der Waals surface area (Å²) < 4.78 is 0. The van der Waals surface area contributed by atoms with E-state index in [9.17, 15) is 9.59 Å². The average molecular weight is 506 g/mol. The van der Waals surface area contributed by atoms with Gasteiger partial charge in [0.15, 0.2) is 0 Å². The molecule has 0 atom stereocenters. The summed E-state index contributed by atoms with van der Waals surface area (Å²) in [4.78, 5) is 24.3. The van der Waals surface area contributed by atoms with Crippen LogP contribution in [0.5, 0.6) is 0 Å². The van der Waals surface area contributed by atoms with E-state index in [2.05, 4.69) is 10.6 Å². The highest BCUT2D eigenvalue weighted by molar-refractivity contribution is 6.36. The monoisotopic (exact) mass is 504 g/mol. The minimum atomic E-state index is -0.324. The largest absolute Gasteiger partial charge is 0.323 e. The van der Waals surface area contributed by atoms with E-state index in [0.29, 0.717) is 42.6 Å². The van der Waals surface area contributed by atoms with Gasteiger partial charge in [-0.2, -0.15) is 0 Å². The van der Waals surface area contributed by atoms with Crippen molar-refractivity contribution in [1.29, 1.82) is 0 Å². The number of hydrogen-bond acceptors (Lipinski definition) is 2. The number of rotatable bonds is 6. The molecule has 2 N–H and O–H groups in total. The SMILES string of the molecule is O=C(C=Cc1ccc(Cl)cc1Cl)Nc1ccc(NC(=O)C=Cc2ccc(Cl)cc2Cl)cc1. The third-order valence-corrected chi connectivity index (χ3v) is 5.30. The molecule has 3 aromatic rings. The van der Waals surface area contributed by atoms with Gasteiger partial charge in [0, 0.05) is 43.6 Å². The molecule has 4 nitrogen and oxygen atoms in total. The average Bonchev–Trinajstić information content (AvgIpc) is 2.74. The summed E-state index contributed by atoms with van der Waals surface area (Å²) in [6.07, 6.45) is 5.94. The highest BCUT2D eigenvalue weighted by atomic mass is 35.5. The van der Waals surface area contributed by atoms with Gasteiger partial charge < -0.3 is 10.6 Å². The summed E-state index contributed by atoms with van der Waals surface area (Å²) in [5.41, 5.74) is 2.50. The third kappa shape index (κ3) is 7.14. The van der Waals surface area contributed by atoms with Gasteiger partial charge in [-0.3, -0.25) is 9.59 Å². The number of hydrogen-bond donors (Lipinski definition) is 2. The second kappa shape index (κ2) is 11.2.